The Bertz CT molecular complexity index is 1130. The Kier molecular flexibility index (Phi) is 3.93. The number of benzene rings is 3. The van der Waals surface area contributed by atoms with Crippen molar-refractivity contribution in [1.82, 2.24) is 4.57 Å². The van der Waals surface area contributed by atoms with Crippen molar-refractivity contribution in [3.8, 4) is 0 Å². The van der Waals surface area contributed by atoms with Gasteiger partial charge in [-0.3, -0.25) is 5.41 Å². The van der Waals surface area contributed by atoms with Crippen LogP contribution in [0.2, 0.25) is 0 Å². The first-order chi connectivity index (χ1) is 12.2. The van der Waals surface area contributed by atoms with Crippen LogP contribution in [0, 0.1) is 10.9 Å². The lowest BCUT2D eigenvalue weighted by Crippen LogP contribution is -1.99. The van der Waals surface area contributed by atoms with E-state index in [1.165, 1.54) is 5.56 Å². The number of nitrogens with zero attached hydrogens (tertiary/aromatic N) is 2. The predicted molar refractivity (Wildman–Crippen MR) is 105 cm³/mol. The van der Waals surface area contributed by atoms with Gasteiger partial charge in [-0.2, -0.15) is 0 Å². The second-order valence-electron chi connectivity index (χ2n) is 5.93. The van der Waals surface area contributed by atoms with E-state index in [1.807, 2.05) is 42.5 Å². The first kappa shape index (κ1) is 15.7. The summed E-state index contributed by atoms with van der Waals surface area (Å²) in [4.78, 5) is 0. The van der Waals surface area contributed by atoms with Gasteiger partial charge in [-0.1, -0.05) is 46.3 Å². The van der Waals surface area contributed by atoms with E-state index < -0.39 is 0 Å². The van der Waals surface area contributed by atoms with Gasteiger partial charge in [0, 0.05) is 38.4 Å². The normalized spacial score (nSPS) is 11.1. The smallest absolute Gasteiger partial charge is 0.173 e. The molecule has 4 aromatic rings. The van der Waals surface area contributed by atoms with E-state index in [9.17, 15) is 0 Å². The second kappa shape index (κ2) is 6.26. The third-order valence-corrected chi connectivity index (χ3v) is 4.88. The summed E-state index contributed by atoms with van der Waals surface area (Å²) in [6, 6.07) is 22.4. The van der Waals surface area contributed by atoms with Crippen molar-refractivity contribution < 1.29 is 0 Å². The number of para-hydroxylation sites is 1. The van der Waals surface area contributed by atoms with Crippen LogP contribution in [-0.2, 0) is 6.54 Å². The number of nitrogens with one attached hydrogen (secondary N) is 2. The van der Waals surface area contributed by atoms with Crippen molar-refractivity contribution in [2.75, 3.05) is 0 Å². The van der Waals surface area contributed by atoms with Crippen LogP contribution in [0.5, 0.6) is 0 Å². The lowest BCUT2D eigenvalue weighted by molar-refractivity contribution is 0.868. The van der Waals surface area contributed by atoms with Crippen LogP contribution in [0.4, 0.5) is 0 Å². The highest BCUT2D eigenvalue weighted by Gasteiger charge is 2.12. The summed E-state index contributed by atoms with van der Waals surface area (Å²) in [5.41, 5.74) is 11.2. The summed E-state index contributed by atoms with van der Waals surface area (Å²) in [6.45, 7) is 0.767. The molecule has 122 valence electrons. The highest BCUT2D eigenvalue weighted by Crippen LogP contribution is 2.31. The van der Waals surface area contributed by atoms with Crippen molar-refractivity contribution >= 4 is 43.6 Å². The van der Waals surface area contributed by atoms with Crippen LogP contribution in [0.25, 0.3) is 21.8 Å². The fourth-order valence-corrected chi connectivity index (χ4v) is 3.70. The number of hydrogen-bond acceptors (Lipinski definition) is 2. The second-order valence-corrected chi connectivity index (χ2v) is 6.84. The van der Waals surface area contributed by atoms with Crippen molar-refractivity contribution in [3.05, 3.63) is 82.3 Å². The van der Waals surface area contributed by atoms with E-state index >= 15 is 0 Å². The van der Waals surface area contributed by atoms with E-state index in [1.54, 1.807) is 0 Å². The van der Waals surface area contributed by atoms with Crippen LogP contribution in [0.15, 0.2) is 76.3 Å². The molecule has 0 saturated heterocycles. The predicted octanol–water partition coefficient (Wildman–Crippen LogP) is 5.96. The van der Waals surface area contributed by atoms with Crippen molar-refractivity contribution in [1.29, 1.82) is 10.9 Å². The van der Waals surface area contributed by atoms with Gasteiger partial charge >= 0.3 is 0 Å². The van der Waals surface area contributed by atoms with Gasteiger partial charge < -0.3 is 4.57 Å². The van der Waals surface area contributed by atoms with E-state index in [0.717, 1.165) is 32.8 Å². The molecule has 0 aliphatic rings. The van der Waals surface area contributed by atoms with Gasteiger partial charge in [0.25, 0.3) is 0 Å². The monoisotopic (exact) mass is 390 g/mol. The number of fused-ring (bicyclic) bond motifs is 3. The van der Waals surface area contributed by atoms with Gasteiger partial charge in [-0.15, -0.1) is 5.11 Å². The molecule has 4 rings (SSSR count). The average molecular weight is 391 g/mol. The van der Waals surface area contributed by atoms with Crippen molar-refractivity contribution in [2.24, 2.45) is 5.11 Å². The van der Waals surface area contributed by atoms with Crippen LogP contribution < -0.4 is 0 Å². The summed E-state index contributed by atoms with van der Waals surface area (Å²) in [7, 11) is 0. The minimum atomic E-state index is -0.0225. The van der Waals surface area contributed by atoms with Crippen LogP contribution in [0.3, 0.4) is 0 Å². The van der Waals surface area contributed by atoms with Crippen molar-refractivity contribution in [3.63, 3.8) is 0 Å². The summed E-state index contributed by atoms with van der Waals surface area (Å²) >= 11 is 3.54. The molecule has 0 radical (unpaired) electrons. The largest absolute Gasteiger partial charge is 0.336 e. The molecule has 0 atom stereocenters. The molecule has 25 heavy (non-hydrogen) atoms. The van der Waals surface area contributed by atoms with E-state index in [-0.39, 0.29) is 5.84 Å². The number of aromatic nitrogens is 1. The van der Waals surface area contributed by atoms with Gasteiger partial charge in [-0.25, -0.2) is 5.53 Å². The summed E-state index contributed by atoms with van der Waals surface area (Å²) < 4.78 is 3.36. The highest BCUT2D eigenvalue weighted by atomic mass is 79.9. The van der Waals surface area contributed by atoms with Crippen LogP contribution in [-0.4, -0.2) is 10.4 Å². The highest BCUT2D eigenvalue weighted by molar-refractivity contribution is 9.10. The molecule has 0 bridgehead atoms. The molecule has 0 spiro atoms. The molecule has 4 nitrogen and oxygen atoms in total. The third-order valence-electron chi connectivity index (χ3n) is 4.39. The van der Waals surface area contributed by atoms with E-state index in [2.05, 4.69) is 49.9 Å². The van der Waals surface area contributed by atoms with Crippen LogP contribution in [0.1, 0.15) is 11.1 Å². The third kappa shape index (κ3) is 2.76. The number of halogens is 1. The molecule has 0 saturated carbocycles. The molecule has 1 aromatic heterocycles. The van der Waals surface area contributed by atoms with Gasteiger partial charge in [0.15, 0.2) is 5.84 Å². The zero-order valence-electron chi connectivity index (χ0n) is 13.3. The van der Waals surface area contributed by atoms with E-state index in [4.69, 9.17) is 10.9 Å². The van der Waals surface area contributed by atoms with Gasteiger partial charge in [-0.05, 0) is 42.0 Å². The minimum absolute atomic E-state index is 0.0225. The first-order valence-electron chi connectivity index (χ1n) is 7.89. The molecule has 3 aromatic carbocycles. The first-order valence-corrected chi connectivity index (χ1v) is 8.68. The maximum Gasteiger partial charge on any atom is 0.173 e. The SMILES string of the molecule is N=NC(=N)c1ccc2c(c1)c1ccccc1n2Cc1cccc(Br)c1. The van der Waals surface area contributed by atoms with Crippen LogP contribution >= 0.6 is 15.9 Å². The molecule has 0 aliphatic carbocycles. The number of amidine groups is 1. The summed E-state index contributed by atoms with van der Waals surface area (Å²) in [6.07, 6.45) is 0. The molecule has 1 heterocycles. The molecule has 0 unspecified atom stereocenters. The Morgan fingerprint density at radius 2 is 1.72 bits per heavy atom. The fourth-order valence-electron chi connectivity index (χ4n) is 3.25. The Labute approximate surface area is 153 Å². The molecule has 2 N–H and O–H groups in total. The Morgan fingerprint density at radius 3 is 2.52 bits per heavy atom. The zero-order chi connectivity index (χ0) is 17.4. The summed E-state index contributed by atoms with van der Waals surface area (Å²) in [5, 5.41) is 13.3. The molecule has 0 aliphatic heterocycles. The maximum atomic E-state index is 7.81. The number of hydrogen-bond donors (Lipinski definition) is 2. The molecule has 0 fully saturated rings. The van der Waals surface area contributed by atoms with Crippen molar-refractivity contribution in [2.45, 2.75) is 6.54 Å². The van der Waals surface area contributed by atoms with E-state index in [0.29, 0.717) is 5.56 Å². The van der Waals surface area contributed by atoms with Gasteiger partial charge in [0.1, 0.15) is 0 Å². The average Bonchev–Trinajstić information content (AvgIpc) is 2.95. The topological polar surface area (TPSA) is 65.0 Å². The molecule has 0 amide bonds. The molecule has 5 heteroatoms. The van der Waals surface area contributed by atoms with Gasteiger partial charge in [0.2, 0.25) is 0 Å². The Hall–Kier alpha value is -2.79. The zero-order valence-corrected chi connectivity index (χ0v) is 14.9. The van der Waals surface area contributed by atoms with Gasteiger partial charge in [0.05, 0.1) is 0 Å². The lowest BCUT2D eigenvalue weighted by atomic mass is 10.1. The quantitative estimate of drug-likeness (QED) is 0.246. The minimum Gasteiger partial charge on any atom is -0.336 e. The Morgan fingerprint density at radius 1 is 0.920 bits per heavy atom. The lowest BCUT2D eigenvalue weighted by Gasteiger charge is -2.08. The number of rotatable bonds is 3. The Balaban J connectivity index is 1.96. The standard InChI is InChI=1S/C20H15BrN4/c21-15-5-3-4-13(10-15)12-25-18-7-2-1-6-16(18)17-11-14(20(22)24-23)8-9-19(17)25/h1-11,22-23H,12H2. The molecular formula is C20H15BrN4. The fraction of sp³-hybridized carbons (Fsp3) is 0.0500. The molecular weight excluding hydrogens is 376 g/mol. The summed E-state index contributed by atoms with van der Waals surface area (Å²) in [5.74, 6) is -0.0225. The maximum absolute atomic E-state index is 7.81.